The molecule has 0 atom stereocenters. The molecule has 0 bridgehead atoms. The summed E-state index contributed by atoms with van der Waals surface area (Å²) in [4.78, 5) is 29.8. The van der Waals surface area contributed by atoms with Crippen molar-refractivity contribution in [2.24, 2.45) is 13.0 Å². The summed E-state index contributed by atoms with van der Waals surface area (Å²) < 4.78 is 29.7. The van der Waals surface area contributed by atoms with Crippen molar-refractivity contribution in [3.8, 4) is 0 Å². The fraction of sp³-hybridized carbons (Fsp3) is 0.346. The Labute approximate surface area is 206 Å². The molecule has 1 N–H and O–H groups in total. The number of aromatic nitrogens is 2. The third kappa shape index (κ3) is 5.06. The summed E-state index contributed by atoms with van der Waals surface area (Å²) in [6, 6.07) is 10.5. The molecule has 1 aliphatic heterocycles. The van der Waals surface area contributed by atoms with Gasteiger partial charge in [0, 0.05) is 49.7 Å². The van der Waals surface area contributed by atoms with Gasteiger partial charge in [0.05, 0.1) is 4.90 Å². The van der Waals surface area contributed by atoms with E-state index < -0.39 is 10.0 Å². The van der Waals surface area contributed by atoms with Crippen molar-refractivity contribution >= 4 is 27.4 Å². The fourth-order valence-electron chi connectivity index (χ4n) is 4.72. The number of nitrogens with zero attached hydrogens (tertiary/aromatic N) is 3. The normalized spacial score (nSPS) is 15.2. The van der Waals surface area contributed by atoms with Crippen molar-refractivity contribution in [1.29, 1.82) is 0 Å². The van der Waals surface area contributed by atoms with Gasteiger partial charge in [-0.05, 0) is 69.0 Å². The number of carbonyl (C=O) groups excluding carboxylic acids is 2. The Morgan fingerprint density at radius 1 is 1.00 bits per heavy atom. The second-order valence-electron chi connectivity index (χ2n) is 9.16. The fourth-order valence-corrected chi connectivity index (χ4v) is 6.61. The molecule has 0 aliphatic carbocycles. The van der Waals surface area contributed by atoms with Gasteiger partial charge in [0.25, 0.3) is 0 Å². The molecule has 1 amide bonds. The number of aryl methyl sites for hydroxylation is 4. The lowest BCUT2D eigenvalue weighted by molar-refractivity contribution is -0.120. The lowest BCUT2D eigenvalue weighted by atomic mass is 9.97. The maximum Gasteiger partial charge on any atom is 0.243 e. The molecule has 184 valence electrons. The quantitative estimate of drug-likeness (QED) is 0.528. The van der Waals surface area contributed by atoms with Gasteiger partial charge in [0.2, 0.25) is 21.7 Å². The van der Waals surface area contributed by atoms with Gasteiger partial charge in [0.1, 0.15) is 0 Å². The van der Waals surface area contributed by atoms with E-state index in [2.05, 4.69) is 10.3 Å². The van der Waals surface area contributed by atoms with Crippen LogP contribution in [0, 0.1) is 26.7 Å². The number of piperidine rings is 1. The van der Waals surface area contributed by atoms with Crippen LogP contribution in [0.5, 0.6) is 0 Å². The van der Waals surface area contributed by atoms with Crippen LogP contribution in [-0.4, -0.2) is 47.1 Å². The molecule has 1 aliphatic rings. The Bertz CT molecular complexity index is 1350. The summed E-state index contributed by atoms with van der Waals surface area (Å²) in [7, 11) is -1.86. The molecule has 2 heterocycles. The largest absolute Gasteiger partial charge is 0.331 e. The number of imidazole rings is 1. The summed E-state index contributed by atoms with van der Waals surface area (Å²) in [6.07, 6.45) is 4.18. The highest BCUT2D eigenvalue weighted by Gasteiger charge is 2.33. The van der Waals surface area contributed by atoms with Crippen molar-refractivity contribution in [3.05, 3.63) is 76.9 Å². The van der Waals surface area contributed by atoms with E-state index in [1.807, 2.05) is 32.9 Å². The minimum Gasteiger partial charge on any atom is -0.331 e. The van der Waals surface area contributed by atoms with E-state index in [1.54, 1.807) is 48.3 Å². The first-order valence-corrected chi connectivity index (χ1v) is 13.0. The number of rotatable bonds is 6. The van der Waals surface area contributed by atoms with Crippen LogP contribution in [0.25, 0.3) is 0 Å². The first-order valence-electron chi connectivity index (χ1n) is 11.6. The Kier molecular flexibility index (Phi) is 6.91. The first-order chi connectivity index (χ1) is 16.6. The van der Waals surface area contributed by atoms with Gasteiger partial charge in [-0.1, -0.05) is 17.7 Å². The molecule has 0 radical (unpaired) electrons. The second-order valence-corrected chi connectivity index (χ2v) is 11.0. The van der Waals surface area contributed by atoms with E-state index in [-0.39, 0.29) is 17.6 Å². The predicted octanol–water partition coefficient (Wildman–Crippen LogP) is 3.62. The van der Waals surface area contributed by atoms with Crippen LogP contribution in [-0.2, 0) is 21.9 Å². The van der Waals surface area contributed by atoms with Crippen molar-refractivity contribution in [2.45, 2.75) is 38.5 Å². The highest BCUT2D eigenvalue weighted by atomic mass is 32.2. The average Bonchev–Trinajstić information content (AvgIpc) is 3.24. The molecular weight excluding hydrogens is 464 g/mol. The third-order valence-electron chi connectivity index (χ3n) is 6.47. The van der Waals surface area contributed by atoms with E-state index in [0.717, 1.165) is 16.7 Å². The van der Waals surface area contributed by atoms with Crippen molar-refractivity contribution in [3.63, 3.8) is 0 Å². The molecule has 0 unspecified atom stereocenters. The third-order valence-corrected chi connectivity index (χ3v) is 8.67. The van der Waals surface area contributed by atoms with Crippen LogP contribution in [0.15, 0.2) is 53.7 Å². The molecule has 8 nitrogen and oxygen atoms in total. The van der Waals surface area contributed by atoms with Gasteiger partial charge in [-0.3, -0.25) is 9.59 Å². The SMILES string of the molecule is Cc1cc(C)c(S(=O)(=O)N2CCC(C(=O)Nc3ccc(C(=O)c4nccn4C)cc3)CC2)c(C)c1. The number of sulfonamides is 1. The minimum atomic E-state index is -3.62. The van der Waals surface area contributed by atoms with Gasteiger partial charge in [-0.25, -0.2) is 13.4 Å². The van der Waals surface area contributed by atoms with Crippen molar-refractivity contribution in [1.82, 2.24) is 13.9 Å². The highest BCUT2D eigenvalue weighted by Crippen LogP contribution is 2.29. The average molecular weight is 495 g/mol. The number of nitrogens with one attached hydrogen (secondary N) is 1. The number of hydrogen-bond donors (Lipinski definition) is 1. The molecule has 1 fully saturated rings. The molecule has 0 spiro atoms. The van der Waals surface area contributed by atoms with E-state index in [9.17, 15) is 18.0 Å². The topological polar surface area (TPSA) is 101 Å². The Hall–Kier alpha value is -3.30. The molecule has 4 rings (SSSR count). The molecule has 0 saturated carbocycles. The second kappa shape index (κ2) is 9.75. The zero-order valence-corrected chi connectivity index (χ0v) is 21.2. The molecular formula is C26H30N4O4S. The highest BCUT2D eigenvalue weighted by molar-refractivity contribution is 7.89. The smallest absolute Gasteiger partial charge is 0.243 e. The van der Waals surface area contributed by atoms with E-state index >= 15 is 0 Å². The number of ketones is 1. The van der Waals surface area contributed by atoms with Crippen LogP contribution >= 0.6 is 0 Å². The summed E-state index contributed by atoms with van der Waals surface area (Å²) >= 11 is 0. The summed E-state index contributed by atoms with van der Waals surface area (Å²) in [5.41, 5.74) is 3.59. The number of hydrogen-bond acceptors (Lipinski definition) is 5. The lowest BCUT2D eigenvalue weighted by Gasteiger charge is -2.31. The molecule has 1 saturated heterocycles. The predicted molar refractivity (Wildman–Crippen MR) is 134 cm³/mol. The van der Waals surface area contributed by atoms with Crippen LogP contribution < -0.4 is 5.32 Å². The van der Waals surface area contributed by atoms with Crippen molar-refractivity contribution < 1.29 is 18.0 Å². The van der Waals surface area contributed by atoms with E-state index in [1.165, 1.54) is 4.31 Å². The minimum absolute atomic E-state index is 0.145. The number of benzene rings is 2. The summed E-state index contributed by atoms with van der Waals surface area (Å²) in [5.74, 6) is -0.272. The first kappa shape index (κ1) is 24.8. The zero-order valence-electron chi connectivity index (χ0n) is 20.4. The molecule has 2 aromatic carbocycles. The van der Waals surface area contributed by atoms with Crippen LogP contribution in [0.2, 0.25) is 0 Å². The molecule has 1 aromatic heterocycles. The number of carbonyl (C=O) groups is 2. The maximum atomic E-state index is 13.3. The van der Waals surface area contributed by atoms with Gasteiger partial charge < -0.3 is 9.88 Å². The van der Waals surface area contributed by atoms with Gasteiger partial charge in [0.15, 0.2) is 5.82 Å². The summed E-state index contributed by atoms with van der Waals surface area (Å²) in [6.45, 7) is 6.19. The van der Waals surface area contributed by atoms with E-state index in [4.69, 9.17) is 0 Å². The van der Waals surface area contributed by atoms with Crippen LogP contribution in [0.4, 0.5) is 5.69 Å². The Balaban J connectivity index is 1.37. The number of anilines is 1. The van der Waals surface area contributed by atoms with Crippen LogP contribution in [0.3, 0.4) is 0 Å². The molecule has 9 heteroatoms. The van der Waals surface area contributed by atoms with Gasteiger partial charge >= 0.3 is 0 Å². The Morgan fingerprint density at radius 2 is 1.60 bits per heavy atom. The van der Waals surface area contributed by atoms with Gasteiger partial charge in [-0.15, -0.1) is 0 Å². The standard InChI is InChI=1S/C26H30N4O4S/c1-17-15-18(2)24(19(3)16-17)35(33,34)30-12-9-21(10-13-30)26(32)28-22-7-5-20(6-8-22)23(31)25-27-11-14-29(25)4/h5-8,11,14-16,21H,9-10,12-13H2,1-4H3,(H,28,32). The molecule has 35 heavy (non-hydrogen) atoms. The van der Waals surface area contributed by atoms with Crippen LogP contribution in [0.1, 0.15) is 45.7 Å². The zero-order chi connectivity index (χ0) is 25.3. The Morgan fingerprint density at radius 3 is 2.14 bits per heavy atom. The molecule has 3 aromatic rings. The van der Waals surface area contributed by atoms with E-state index in [0.29, 0.717) is 47.9 Å². The monoisotopic (exact) mass is 494 g/mol. The lowest BCUT2D eigenvalue weighted by Crippen LogP contribution is -2.41. The number of amides is 1. The summed E-state index contributed by atoms with van der Waals surface area (Å²) in [5, 5.41) is 2.89. The van der Waals surface area contributed by atoms with Gasteiger partial charge in [-0.2, -0.15) is 4.31 Å². The van der Waals surface area contributed by atoms with Crippen molar-refractivity contribution in [2.75, 3.05) is 18.4 Å². The maximum absolute atomic E-state index is 13.3.